The van der Waals surface area contributed by atoms with Crippen molar-refractivity contribution in [2.45, 2.75) is 25.3 Å². The fraction of sp³-hybridized carbons (Fsp3) is 0.278. The summed E-state index contributed by atoms with van der Waals surface area (Å²) >= 11 is 0. The highest BCUT2D eigenvalue weighted by atomic mass is 16.1. The molecule has 0 aliphatic heterocycles. The molecule has 2 unspecified atom stereocenters. The zero-order chi connectivity index (χ0) is 14.7. The topological polar surface area (TPSA) is 41.1 Å². The van der Waals surface area contributed by atoms with Crippen LogP contribution >= 0.6 is 0 Å². The van der Waals surface area contributed by atoms with E-state index >= 15 is 0 Å². The van der Waals surface area contributed by atoms with Crippen molar-refractivity contribution in [3.63, 3.8) is 0 Å². The molecule has 1 aliphatic rings. The molecular weight excluding hydrogens is 260 g/mol. The van der Waals surface area contributed by atoms with Gasteiger partial charge in [-0.1, -0.05) is 30.3 Å². The molecule has 2 atom stereocenters. The van der Waals surface area contributed by atoms with Gasteiger partial charge in [-0.05, 0) is 43.2 Å². The van der Waals surface area contributed by atoms with E-state index in [1.165, 1.54) is 5.56 Å². The summed E-state index contributed by atoms with van der Waals surface area (Å²) in [6.45, 7) is 2.93. The normalized spacial score (nSPS) is 19.9. The Morgan fingerprint density at radius 2 is 1.81 bits per heavy atom. The Kier molecular flexibility index (Phi) is 3.91. The highest BCUT2D eigenvalue weighted by molar-refractivity contribution is 5.95. The molecule has 21 heavy (non-hydrogen) atoms. The molecular formula is C18H20N2O. The molecule has 1 aliphatic carbocycles. The SMILES string of the molecule is CCNc1ccc(C(=O)NC2CC2c2ccccc2)cc1. The predicted molar refractivity (Wildman–Crippen MR) is 85.7 cm³/mol. The molecule has 3 rings (SSSR count). The summed E-state index contributed by atoms with van der Waals surface area (Å²) in [6, 6.07) is 18.3. The van der Waals surface area contributed by atoms with E-state index in [0.29, 0.717) is 5.92 Å². The van der Waals surface area contributed by atoms with Gasteiger partial charge in [0, 0.05) is 29.8 Å². The Morgan fingerprint density at radius 3 is 2.48 bits per heavy atom. The van der Waals surface area contributed by atoms with E-state index in [1.807, 2.05) is 42.5 Å². The standard InChI is InChI=1S/C18H20N2O/c1-2-19-15-10-8-14(9-11-15)18(21)20-17-12-16(17)13-6-4-3-5-7-13/h3-11,16-17,19H,2,12H2,1H3,(H,20,21). The van der Waals surface area contributed by atoms with Gasteiger partial charge in [0.05, 0.1) is 0 Å². The van der Waals surface area contributed by atoms with Crippen molar-refractivity contribution in [3.05, 3.63) is 65.7 Å². The third-order valence-corrected chi connectivity index (χ3v) is 3.86. The number of hydrogen-bond donors (Lipinski definition) is 2. The molecule has 3 heteroatoms. The van der Waals surface area contributed by atoms with Crippen molar-refractivity contribution in [2.75, 3.05) is 11.9 Å². The monoisotopic (exact) mass is 280 g/mol. The number of nitrogens with one attached hydrogen (secondary N) is 2. The highest BCUT2D eigenvalue weighted by Crippen LogP contribution is 2.40. The fourth-order valence-electron chi connectivity index (χ4n) is 2.62. The van der Waals surface area contributed by atoms with Crippen LogP contribution < -0.4 is 10.6 Å². The average Bonchev–Trinajstić information content (AvgIpc) is 3.28. The summed E-state index contributed by atoms with van der Waals surface area (Å²) in [7, 11) is 0. The first-order valence-electron chi connectivity index (χ1n) is 7.47. The molecule has 2 aromatic carbocycles. The molecule has 1 fully saturated rings. The van der Waals surface area contributed by atoms with Crippen molar-refractivity contribution in [1.82, 2.24) is 5.32 Å². The molecule has 0 heterocycles. The average molecular weight is 280 g/mol. The van der Waals surface area contributed by atoms with Gasteiger partial charge in [-0.15, -0.1) is 0 Å². The van der Waals surface area contributed by atoms with Gasteiger partial charge in [-0.3, -0.25) is 4.79 Å². The summed E-state index contributed by atoms with van der Waals surface area (Å²) in [5, 5.41) is 6.33. The first-order chi connectivity index (χ1) is 10.3. The zero-order valence-electron chi connectivity index (χ0n) is 12.2. The van der Waals surface area contributed by atoms with Crippen LogP contribution in [0.2, 0.25) is 0 Å². The minimum absolute atomic E-state index is 0.0153. The van der Waals surface area contributed by atoms with Crippen LogP contribution in [0, 0.1) is 0 Å². The van der Waals surface area contributed by atoms with E-state index in [1.54, 1.807) is 0 Å². The first kappa shape index (κ1) is 13.7. The largest absolute Gasteiger partial charge is 0.385 e. The maximum atomic E-state index is 12.2. The first-order valence-corrected chi connectivity index (χ1v) is 7.47. The number of carbonyl (C=O) groups excluding carboxylic acids is 1. The number of rotatable bonds is 5. The van der Waals surface area contributed by atoms with Crippen LogP contribution in [-0.4, -0.2) is 18.5 Å². The Balaban J connectivity index is 1.58. The van der Waals surface area contributed by atoms with Crippen molar-refractivity contribution in [3.8, 4) is 0 Å². The number of amides is 1. The van der Waals surface area contributed by atoms with Gasteiger partial charge < -0.3 is 10.6 Å². The number of benzene rings is 2. The Morgan fingerprint density at radius 1 is 1.10 bits per heavy atom. The van der Waals surface area contributed by atoms with Gasteiger partial charge in [0.25, 0.3) is 5.91 Å². The molecule has 2 N–H and O–H groups in total. The molecule has 3 nitrogen and oxygen atoms in total. The van der Waals surface area contributed by atoms with E-state index < -0.39 is 0 Å². The molecule has 108 valence electrons. The molecule has 0 aromatic heterocycles. The van der Waals surface area contributed by atoms with Gasteiger partial charge in [0.2, 0.25) is 0 Å². The second-order valence-electron chi connectivity index (χ2n) is 5.44. The minimum atomic E-state index is 0.0153. The molecule has 0 saturated heterocycles. The van der Waals surface area contributed by atoms with E-state index in [2.05, 4.69) is 29.7 Å². The number of hydrogen-bond acceptors (Lipinski definition) is 2. The Bertz CT molecular complexity index is 607. The highest BCUT2D eigenvalue weighted by Gasteiger charge is 2.39. The lowest BCUT2D eigenvalue weighted by molar-refractivity contribution is 0.0950. The molecule has 1 saturated carbocycles. The summed E-state index contributed by atoms with van der Waals surface area (Å²) in [6.07, 6.45) is 1.03. The van der Waals surface area contributed by atoms with Crippen molar-refractivity contribution in [1.29, 1.82) is 0 Å². The van der Waals surface area contributed by atoms with Crippen molar-refractivity contribution in [2.24, 2.45) is 0 Å². The minimum Gasteiger partial charge on any atom is -0.385 e. The third kappa shape index (κ3) is 3.24. The smallest absolute Gasteiger partial charge is 0.251 e. The van der Waals surface area contributed by atoms with Crippen LogP contribution in [0.4, 0.5) is 5.69 Å². The van der Waals surface area contributed by atoms with Gasteiger partial charge in [-0.2, -0.15) is 0 Å². The summed E-state index contributed by atoms with van der Waals surface area (Å²) < 4.78 is 0. The lowest BCUT2D eigenvalue weighted by atomic mass is 10.1. The van der Waals surface area contributed by atoms with Crippen molar-refractivity contribution >= 4 is 11.6 Å². The molecule has 0 spiro atoms. The number of carbonyl (C=O) groups is 1. The summed E-state index contributed by atoms with van der Waals surface area (Å²) in [4.78, 5) is 12.2. The quantitative estimate of drug-likeness (QED) is 0.881. The number of anilines is 1. The molecule has 2 aromatic rings. The van der Waals surface area contributed by atoms with Crippen LogP contribution in [0.1, 0.15) is 35.2 Å². The van der Waals surface area contributed by atoms with Crippen LogP contribution in [0.15, 0.2) is 54.6 Å². The Hall–Kier alpha value is -2.29. The second-order valence-corrected chi connectivity index (χ2v) is 5.44. The van der Waals surface area contributed by atoms with Crippen molar-refractivity contribution < 1.29 is 4.79 Å². The fourth-order valence-corrected chi connectivity index (χ4v) is 2.62. The second kappa shape index (κ2) is 6.00. The van der Waals surface area contributed by atoms with Crippen LogP contribution in [-0.2, 0) is 0 Å². The zero-order valence-corrected chi connectivity index (χ0v) is 12.2. The van der Waals surface area contributed by atoms with Gasteiger partial charge in [0.1, 0.15) is 0 Å². The van der Waals surface area contributed by atoms with E-state index in [-0.39, 0.29) is 11.9 Å². The van der Waals surface area contributed by atoms with Gasteiger partial charge >= 0.3 is 0 Å². The van der Waals surface area contributed by atoms with Crippen LogP contribution in [0.5, 0.6) is 0 Å². The summed E-state index contributed by atoms with van der Waals surface area (Å²) in [5.41, 5.74) is 3.07. The van der Waals surface area contributed by atoms with E-state index in [0.717, 1.165) is 24.2 Å². The lowest BCUT2D eigenvalue weighted by Crippen LogP contribution is -2.26. The third-order valence-electron chi connectivity index (χ3n) is 3.86. The maximum Gasteiger partial charge on any atom is 0.251 e. The predicted octanol–water partition coefficient (Wildman–Crippen LogP) is 3.40. The van der Waals surface area contributed by atoms with Crippen LogP contribution in [0.3, 0.4) is 0 Å². The molecule has 0 bridgehead atoms. The molecule has 1 amide bonds. The lowest BCUT2D eigenvalue weighted by Gasteiger charge is -2.07. The van der Waals surface area contributed by atoms with Gasteiger partial charge in [-0.25, -0.2) is 0 Å². The van der Waals surface area contributed by atoms with E-state index in [4.69, 9.17) is 0 Å². The van der Waals surface area contributed by atoms with Crippen LogP contribution in [0.25, 0.3) is 0 Å². The van der Waals surface area contributed by atoms with Gasteiger partial charge in [0.15, 0.2) is 0 Å². The maximum absolute atomic E-state index is 12.2. The van der Waals surface area contributed by atoms with E-state index in [9.17, 15) is 4.79 Å². The summed E-state index contributed by atoms with van der Waals surface area (Å²) in [5.74, 6) is 0.484. The molecule has 0 radical (unpaired) electrons. The Labute approximate surface area is 125 Å².